The molecular weight excluding hydrogens is 456 g/mol. The van der Waals surface area contributed by atoms with E-state index in [2.05, 4.69) is 10.2 Å². The lowest BCUT2D eigenvalue weighted by molar-refractivity contribution is -0.122. The normalized spacial score (nSPS) is 19.4. The fourth-order valence-electron chi connectivity index (χ4n) is 4.30. The number of rotatable bonds is 6. The maximum Gasteiger partial charge on any atom is 0.335 e. The number of ketones is 1. The van der Waals surface area contributed by atoms with Crippen LogP contribution in [-0.2, 0) is 21.2 Å². The lowest BCUT2D eigenvalue weighted by atomic mass is 9.69. The second kappa shape index (κ2) is 8.73. The number of carboxylic acid groups (broad SMARTS) is 1. The fraction of sp³-hybridized carbons (Fsp3) is 0.280. The lowest BCUT2D eigenvalue weighted by Crippen LogP contribution is -2.38. The smallest absolute Gasteiger partial charge is 0.335 e. The number of fused-ring (bicyclic) bond motifs is 1. The molecule has 1 aliphatic carbocycles. The van der Waals surface area contributed by atoms with Crippen LogP contribution >= 0.6 is 0 Å². The zero-order valence-corrected chi connectivity index (χ0v) is 19.9. The highest BCUT2D eigenvalue weighted by Gasteiger charge is 2.40. The molecule has 1 atom stereocenters. The van der Waals surface area contributed by atoms with E-state index in [0.29, 0.717) is 30.0 Å². The first-order chi connectivity index (χ1) is 16.0. The van der Waals surface area contributed by atoms with E-state index in [1.165, 1.54) is 0 Å². The summed E-state index contributed by atoms with van der Waals surface area (Å²) >= 11 is 0. The van der Waals surface area contributed by atoms with Gasteiger partial charge in [0.05, 0.1) is 17.5 Å². The number of Topliss-reactive ketones (excluding diaryl/α,β-unsaturated/α-hetero) is 1. The number of sulfonamides is 1. The molecule has 178 valence electrons. The summed E-state index contributed by atoms with van der Waals surface area (Å²) < 4.78 is 25.5. The van der Waals surface area contributed by atoms with Crippen LogP contribution in [0.4, 0.5) is 5.69 Å². The number of hydrogen-bond donors (Lipinski definition) is 3. The number of hydroxylamine groups is 1. The molecule has 0 saturated carbocycles. The van der Waals surface area contributed by atoms with Crippen molar-refractivity contribution in [2.24, 2.45) is 5.41 Å². The Kier molecular flexibility index (Phi) is 6.09. The molecule has 9 heteroatoms. The Bertz CT molecular complexity index is 1320. The maximum atomic E-state index is 13.6. The van der Waals surface area contributed by atoms with Crippen LogP contribution in [0.5, 0.6) is 5.75 Å². The maximum absolute atomic E-state index is 13.6. The first-order valence-corrected chi connectivity index (χ1v) is 12.6. The average molecular weight is 483 g/mol. The summed E-state index contributed by atoms with van der Waals surface area (Å²) in [6.45, 7) is 4.19. The summed E-state index contributed by atoms with van der Waals surface area (Å²) in [5, 5.41) is 9.09. The minimum atomic E-state index is -3.43. The fourth-order valence-corrected chi connectivity index (χ4v) is 4.85. The predicted molar refractivity (Wildman–Crippen MR) is 128 cm³/mol. The van der Waals surface area contributed by atoms with Gasteiger partial charge in [-0.3, -0.25) is 9.52 Å². The van der Waals surface area contributed by atoms with E-state index in [4.69, 9.17) is 9.94 Å². The molecule has 1 aliphatic heterocycles. The standard InChI is InChI=1S/C25H26N2O6S/c1-25(2)17(12-15-4-6-16(7-5-15)24(29)30)8-10-20(23(25)28)21-14-26-33-22-13-18(9-11-19(21)22)27-34(3,31)32/h4-11,13,21,26-27H,12,14H2,1-3H3,(H,29,30). The van der Waals surface area contributed by atoms with Crippen LogP contribution in [-0.4, -0.2) is 38.1 Å². The molecule has 0 aromatic heterocycles. The molecule has 2 aromatic rings. The van der Waals surface area contributed by atoms with Gasteiger partial charge in [0.25, 0.3) is 0 Å². The van der Waals surface area contributed by atoms with Gasteiger partial charge in [-0.1, -0.05) is 35.9 Å². The van der Waals surface area contributed by atoms with Crippen LogP contribution in [0.2, 0.25) is 0 Å². The van der Waals surface area contributed by atoms with Crippen LogP contribution in [0.15, 0.2) is 65.8 Å². The second-order valence-corrected chi connectivity index (χ2v) is 10.8. The van der Waals surface area contributed by atoms with Crippen molar-refractivity contribution < 1.29 is 28.0 Å². The van der Waals surface area contributed by atoms with Gasteiger partial charge in [0, 0.05) is 35.1 Å². The van der Waals surface area contributed by atoms with Gasteiger partial charge in [-0.05, 0) is 44.0 Å². The zero-order valence-electron chi connectivity index (χ0n) is 19.1. The van der Waals surface area contributed by atoms with Gasteiger partial charge in [0.2, 0.25) is 10.0 Å². The van der Waals surface area contributed by atoms with Crippen molar-refractivity contribution in [3.63, 3.8) is 0 Å². The summed E-state index contributed by atoms with van der Waals surface area (Å²) in [7, 11) is -3.43. The van der Waals surface area contributed by atoms with Crippen LogP contribution in [0, 0.1) is 5.41 Å². The van der Waals surface area contributed by atoms with E-state index < -0.39 is 21.4 Å². The van der Waals surface area contributed by atoms with E-state index in [0.717, 1.165) is 23.0 Å². The summed E-state index contributed by atoms with van der Waals surface area (Å²) in [5.41, 5.74) is 6.03. The highest BCUT2D eigenvalue weighted by molar-refractivity contribution is 7.92. The number of hydrogen-bond acceptors (Lipinski definition) is 6. The molecule has 0 bridgehead atoms. The first kappa shape index (κ1) is 23.7. The molecule has 1 unspecified atom stereocenters. The molecule has 8 nitrogen and oxygen atoms in total. The van der Waals surface area contributed by atoms with Gasteiger partial charge < -0.3 is 9.94 Å². The van der Waals surface area contributed by atoms with Crippen LogP contribution in [0.3, 0.4) is 0 Å². The highest BCUT2D eigenvalue weighted by atomic mass is 32.2. The largest absolute Gasteiger partial charge is 0.478 e. The van der Waals surface area contributed by atoms with Crippen LogP contribution in [0.25, 0.3) is 0 Å². The Morgan fingerprint density at radius 2 is 1.88 bits per heavy atom. The Balaban J connectivity index is 1.63. The molecule has 0 spiro atoms. The van der Waals surface area contributed by atoms with E-state index in [1.807, 2.05) is 26.0 Å². The minimum Gasteiger partial charge on any atom is -0.478 e. The molecule has 34 heavy (non-hydrogen) atoms. The Hall–Kier alpha value is -3.43. The van der Waals surface area contributed by atoms with Gasteiger partial charge >= 0.3 is 5.97 Å². The minimum absolute atomic E-state index is 0.00476. The van der Waals surface area contributed by atoms with Gasteiger partial charge in [0.15, 0.2) is 11.5 Å². The Labute approximate surface area is 198 Å². The third kappa shape index (κ3) is 4.76. The molecule has 3 N–H and O–H groups in total. The lowest BCUT2D eigenvalue weighted by Gasteiger charge is -2.35. The second-order valence-electron chi connectivity index (χ2n) is 9.08. The van der Waals surface area contributed by atoms with Crippen molar-refractivity contribution in [3.8, 4) is 5.75 Å². The van der Waals surface area contributed by atoms with E-state index in [1.54, 1.807) is 42.5 Å². The molecule has 0 radical (unpaired) electrons. The number of allylic oxidation sites excluding steroid dienone is 3. The van der Waals surface area contributed by atoms with E-state index >= 15 is 0 Å². The number of carbonyl (C=O) groups excluding carboxylic acids is 1. The quantitative estimate of drug-likeness (QED) is 0.577. The van der Waals surface area contributed by atoms with Gasteiger partial charge in [-0.15, -0.1) is 0 Å². The third-order valence-corrected chi connectivity index (χ3v) is 6.84. The summed E-state index contributed by atoms with van der Waals surface area (Å²) in [6.07, 6.45) is 5.42. The number of nitrogens with one attached hydrogen (secondary N) is 2. The summed E-state index contributed by atoms with van der Waals surface area (Å²) in [4.78, 5) is 30.2. The molecule has 0 fully saturated rings. The van der Waals surface area contributed by atoms with Crippen molar-refractivity contribution in [3.05, 3.63) is 82.5 Å². The van der Waals surface area contributed by atoms with E-state index in [-0.39, 0.29) is 17.3 Å². The molecular formula is C25H26N2O6S. The van der Waals surface area contributed by atoms with Crippen LogP contribution in [0.1, 0.15) is 41.3 Å². The van der Waals surface area contributed by atoms with Crippen molar-refractivity contribution in [1.29, 1.82) is 0 Å². The predicted octanol–water partition coefficient (Wildman–Crippen LogP) is 3.44. The number of anilines is 1. The number of aromatic carboxylic acids is 1. The average Bonchev–Trinajstić information content (AvgIpc) is 2.76. The highest BCUT2D eigenvalue weighted by Crippen LogP contribution is 2.43. The van der Waals surface area contributed by atoms with Gasteiger partial charge in [-0.2, -0.15) is 5.48 Å². The molecule has 4 rings (SSSR count). The van der Waals surface area contributed by atoms with Crippen LogP contribution < -0.4 is 15.0 Å². The van der Waals surface area contributed by atoms with Crippen molar-refractivity contribution in [2.75, 3.05) is 17.5 Å². The summed E-state index contributed by atoms with van der Waals surface area (Å²) in [6, 6.07) is 11.7. The molecule has 2 aliphatic rings. The van der Waals surface area contributed by atoms with Gasteiger partial charge in [0.1, 0.15) is 0 Å². The number of benzene rings is 2. The van der Waals surface area contributed by atoms with E-state index in [9.17, 15) is 18.0 Å². The molecule has 0 saturated heterocycles. The van der Waals surface area contributed by atoms with Gasteiger partial charge in [-0.25, -0.2) is 13.2 Å². The van der Waals surface area contributed by atoms with Crippen molar-refractivity contribution in [1.82, 2.24) is 5.48 Å². The number of carboxylic acids is 1. The Morgan fingerprint density at radius 1 is 1.18 bits per heavy atom. The first-order valence-electron chi connectivity index (χ1n) is 10.8. The molecule has 2 aromatic carbocycles. The SMILES string of the molecule is CC1(C)C(=O)C(C2CNOc3cc(NS(C)(=O)=O)ccc32)=CC=C1Cc1ccc(C(=O)O)cc1. The molecule has 0 amide bonds. The zero-order chi connectivity index (χ0) is 24.7. The topological polar surface area (TPSA) is 122 Å². The molecule has 1 heterocycles. The van der Waals surface area contributed by atoms with Crippen molar-refractivity contribution >= 4 is 27.5 Å². The van der Waals surface area contributed by atoms with Crippen molar-refractivity contribution in [2.45, 2.75) is 26.2 Å². The Morgan fingerprint density at radius 3 is 2.53 bits per heavy atom. The monoisotopic (exact) mass is 482 g/mol. The third-order valence-electron chi connectivity index (χ3n) is 6.23. The summed E-state index contributed by atoms with van der Waals surface area (Å²) in [5.74, 6) is -0.763. The number of carbonyl (C=O) groups is 2.